The van der Waals surface area contributed by atoms with Gasteiger partial charge in [-0.3, -0.25) is 0 Å². The highest BCUT2D eigenvalue weighted by Crippen LogP contribution is 2.43. The highest BCUT2D eigenvalue weighted by molar-refractivity contribution is 4.85. The summed E-state index contributed by atoms with van der Waals surface area (Å²) in [4.78, 5) is 0. The van der Waals surface area contributed by atoms with Gasteiger partial charge in [-0.05, 0) is 62.7 Å². The maximum atomic E-state index is 10.4. The SMILES string of the molecule is CCC(O)C(CC)CC1(CCCOCCO)CCCOCCC1. The molecule has 4 nitrogen and oxygen atoms in total. The van der Waals surface area contributed by atoms with Gasteiger partial charge in [-0.2, -0.15) is 0 Å². The molecule has 1 rings (SSSR count). The molecule has 0 spiro atoms. The Labute approximate surface area is 142 Å². The fraction of sp³-hybridized carbons (Fsp3) is 1.00. The molecule has 0 aromatic rings. The molecule has 2 N–H and O–H groups in total. The summed E-state index contributed by atoms with van der Waals surface area (Å²) in [7, 11) is 0. The summed E-state index contributed by atoms with van der Waals surface area (Å²) in [5.74, 6) is 0.402. The second-order valence-electron chi connectivity index (χ2n) is 7.11. The van der Waals surface area contributed by atoms with Gasteiger partial charge in [0.05, 0.1) is 19.3 Å². The van der Waals surface area contributed by atoms with E-state index in [4.69, 9.17) is 14.6 Å². The van der Waals surface area contributed by atoms with Crippen molar-refractivity contribution in [2.45, 2.75) is 77.7 Å². The molecule has 0 aromatic heterocycles. The lowest BCUT2D eigenvalue weighted by molar-refractivity contribution is 0.0188. The third kappa shape index (κ3) is 7.97. The Balaban J connectivity index is 2.64. The van der Waals surface area contributed by atoms with Crippen LogP contribution in [0.25, 0.3) is 0 Å². The van der Waals surface area contributed by atoms with E-state index in [1.54, 1.807) is 0 Å². The third-order valence-corrected chi connectivity index (χ3v) is 5.40. The molecule has 0 bridgehead atoms. The summed E-state index contributed by atoms with van der Waals surface area (Å²) in [5, 5.41) is 19.2. The molecule has 1 aliphatic rings. The molecule has 138 valence electrons. The number of hydrogen-bond donors (Lipinski definition) is 2. The first-order valence-corrected chi connectivity index (χ1v) is 9.62. The molecule has 23 heavy (non-hydrogen) atoms. The Morgan fingerprint density at radius 2 is 1.78 bits per heavy atom. The van der Waals surface area contributed by atoms with Gasteiger partial charge in [-0.15, -0.1) is 0 Å². The standard InChI is InChI=1S/C19H38O4/c1-3-17(18(21)4-2)16-19(10-7-14-23-15-11-20)8-5-12-22-13-6-9-19/h17-18,20-21H,3-16H2,1-2H3. The van der Waals surface area contributed by atoms with Crippen molar-refractivity contribution in [3.63, 3.8) is 0 Å². The zero-order valence-electron chi connectivity index (χ0n) is 15.3. The van der Waals surface area contributed by atoms with Gasteiger partial charge in [0.25, 0.3) is 0 Å². The molecule has 1 saturated heterocycles. The second-order valence-corrected chi connectivity index (χ2v) is 7.11. The monoisotopic (exact) mass is 330 g/mol. The maximum Gasteiger partial charge on any atom is 0.0697 e. The molecule has 1 aliphatic heterocycles. The van der Waals surface area contributed by atoms with E-state index in [1.165, 1.54) is 12.8 Å². The van der Waals surface area contributed by atoms with E-state index in [9.17, 15) is 5.11 Å². The lowest BCUT2D eigenvalue weighted by Gasteiger charge is -2.39. The minimum Gasteiger partial charge on any atom is -0.394 e. The largest absolute Gasteiger partial charge is 0.394 e. The molecule has 0 aromatic carbocycles. The first-order valence-electron chi connectivity index (χ1n) is 9.62. The molecule has 2 atom stereocenters. The van der Waals surface area contributed by atoms with Gasteiger partial charge in [-0.1, -0.05) is 20.3 Å². The molecule has 4 heteroatoms. The third-order valence-electron chi connectivity index (χ3n) is 5.40. The average molecular weight is 331 g/mol. The van der Waals surface area contributed by atoms with Crippen molar-refractivity contribution >= 4 is 0 Å². The van der Waals surface area contributed by atoms with Crippen LogP contribution in [0.2, 0.25) is 0 Å². The van der Waals surface area contributed by atoms with Crippen LogP contribution in [0.3, 0.4) is 0 Å². The molecule has 0 aliphatic carbocycles. The zero-order valence-corrected chi connectivity index (χ0v) is 15.3. The summed E-state index contributed by atoms with van der Waals surface area (Å²) >= 11 is 0. The van der Waals surface area contributed by atoms with Crippen molar-refractivity contribution < 1.29 is 19.7 Å². The number of aliphatic hydroxyl groups is 2. The zero-order chi connectivity index (χ0) is 17.0. The highest BCUT2D eigenvalue weighted by atomic mass is 16.5. The Morgan fingerprint density at radius 3 is 2.35 bits per heavy atom. The van der Waals surface area contributed by atoms with Crippen LogP contribution in [-0.2, 0) is 9.47 Å². The summed E-state index contributed by atoms with van der Waals surface area (Å²) in [6, 6.07) is 0. The topological polar surface area (TPSA) is 58.9 Å². The summed E-state index contributed by atoms with van der Waals surface area (Å²) < 4.78 is 11.1. The predicted octanol–water partition coefficient (Wildman–Crippen LogP) is 3.54. The molecule has 2 unspecified atom stereocenters. The van der Waals surface area contributed by atoms with Crippen molar-refractivity contribution in [3.05, 3.63) is 0 Å². The van der Waals surface area contributed by atoms with Crippen molar-refractivity contribution in [2.75, 3.05) is 33.0 Å². The first kappa shape index (κ1) is 20.9. The van der Waals surface area contributed by atoms with Gasteiger partial charge in [0.15, 0.2) is 0 Å². The number of aliphatic hydroxyl groups excluding tert-OH is 2. The normalized spacial score (nSPS) is 21.4. The fourth-order valence-corrected chi connectivity index (χ4v) is 4.04. The summed E-state index contributed by atoms with van der Waals surface area (Å²) in [5.41, 5.74) is 0.323. The number of ether oxygens (including phenoxy) is 2. The van der Waals surface area contributed by atoms with Gasteiger partial charge in [0, 0.05) is 19.8 Å². The van der Waals surface area contributed by atoms with E-state index in [0.29, 0.717) is 17.9 Å². The lowest BCUT2D eigenvalue weighted by Crippen LogP contribution is -2.32. The van der Waals surface area contributed by atoms with Gasteiger partial charge >= 0.3 is 0 Å². The quantitative estimate of drug-likeness (QED) is 0.569. The Bertz CT molecular complexity index is 275. The molecular formula is C19H38O4. The van der Waals surface area contributed by atoms with Gasteiger partial charge in [0.2, 0.25) is 0 Å². The fourth-order valence-electron chi connectivity index (χ4n) is 4.04. The molecular weight excluding hydrogens is 292 g/mol. The average Bonchev–Trinajstić information content (AvgIpc) is 2.55. The number of rotatable bonds is 11. The minimum absolute atomic E-state index is 0.100. The van der Waals surface area contributed by atoms with E-state index >= 15 is 0 Å². The lowest BCUT2D eigenvalue weighted by atomic mass is 9.68. The second kappa shape index (κ2) is 12.2. The van der Waals surface area contributed by atoms with Crippen LogP contribution in [0.15, 0.2) is 0 Å². The summed E-state index contributed by atoms with van der Waals surface area (Å²) in [6.45, 7) is 7.29. The van der Waals surface area contributed by atoms with Crippen molar-refractivity contribution in [1.82, 2.24) is 0 Å². The van der Waals surface area contributed by atoms with E-state index in [2.05, 4.69) is 13.8 Å². The molecule has 0 saturated carbocycles. The predicted molar refractivity (Wildman–Crippen MR) is 93.6 cm³/mol. The van der Waals surface area contributed by atoms with Crippen LogP contribution in [0.4, 0.5) is 0 Å². The van der Waals surface area contributed by atoms with Crippen LogP contribution in [0.5, 0.6) is 0 Å². The van der Waals surface area contributed by atoms with Crippen LogP contribution in [0, 0.1) is 11.3 Å². The molecule has 0 amide bonds. The summed E-state index contributed by atoms with van der Waals surface area (Å²) in [6.07, 6.45) is 9.67. The molecule has 1 fully saturated rings. The van der Waals surface area contributed by atoms with E-state index in [1.807, 2.05) is 0 Å². The molecule has 0 radical (unpaired) electrons. The van der Waals surface area contributed by atoms with Crippen molar-refractivity contribution in [3.8, 4) is 0 Å². The van der Waals surface area contributed by atoms with Crippen LogP contribution >= 0.6 is 0 Å². The van der Waals surface area contributed by atoms with Crippen LogP contribution in [0.1, 0.15) is 71.6 Å². The van der Waals surface area contributed by atoms with E-state index in [-0.39, 0.29) is 12.7 Å². The van der Waals surface area contributed by atoms with E-state index in [0.717, 1.165) is 64.8 Å². The van der Waals surface area contributed by atoms with Gasteiger partial charge in [0.1, 0.15) is 0 Å². The Kier molecular flexibility index (Phi) is 11.1. The van der Waals surface area contributed by atoms with Gasteiger partial charge < -0.3 is 19.7 Å². The minimum atomic E-state index is -0.177. The van der Waals surface area contributed by atoms with Crippen LogP contribution in [-0.4, -0.2) is 49.4 Å². The van der Waals surface area contributed by atoms with Crippen molar-refractivity contribution in [1.29, 1.82) is 0 Å². The first-order chi connectivity index (χ1) is 11.2. The van der Waals surface area contributed by atoms with Gasteiger partial charge in [-0.25, -0.2) is 0 Å². The Morgan fingerprint density at radius 1 is 1.09 bits per heavy atom. The molecule has 1 heterocycles. The smallest absolute Gasteiger partial charge is 0.0697 e. The Hall–Kier alpha value is -0.160. The van der Waals surface area contributed by atoms with E-state index < -0.39 is 0 Å². The van der Waals surface area contributed by atoms with Crippen LogP contribution < -0.4 is 0 Å². The maximum absolute atomic E-state index is 10.4. The number of hydrogen-bond acceptors (Lipinski definition) is 4. The van der Waals surface area contributed by atoms with Crippen molar-refractivity contribution in [2.24, 2.45) is 11.3 Å². The highest BCUT2D eigenvalue weighted by Gasteiger charge is 2.34.